The van der Waals surface area contributed by atoms with E-state index in [2.05, 4.69) is 22.1 Å². The van der Waals surface area contributed by atoms with Gasteiger partial charge in [0.25, 0.3) is 0 Å². The van der Waals surface area contributed by atoms with Crippen molar-refractivity contribution < 1.29 is 9.53 Å². The molecule has 1 aromatic heterocycles. The first-order valence-corrected chi connectivity index (χ1v) is 12.1. The number of carbonyl (C=O) groups excluding carboxylic acids is 1. The number of benzene rings is 2. The number of aromatic nitrogens is 3. The Morgan fingerprint density at radius 2 is 2.10 bits per heavy atom. The number of hydrogen-bond acceptors (Lipinski definition) is 6. The number of hydrogen-bond donors (Lipinski definition) is 1. The van der Waals surface area contributed by atoms with Gasteiger partial charge >= 0.3 is 0 Å². The van der Waals surface area contributed by atoms with Gasteiger partial charge in [0.2, 0.25) is 5.91 Å². The van der Waals surface area contributed by atoms with Crippen LogP contribution in [0.2, 0.25) is 5.02 Å². The zero-order valence-electron chi connectivity index (χ0n) is 17.2. The maximum Gasteiger partial charge on any atom is 0.234 e. The number of thioether (sulfide) groups is 2. The lowest BCUT2D eigenvalue weighted by Gasteiger charge is -2.16. The van der Waals surface area contributed by atoms with Crippen LogP contribution < -0.4 is 10.1 Å². The summed E-state index contributed by atoms with van der Waals surface area (Å²) in [5, 5.41) is 12.6. The van der Waals surface area contributed by atoms with Gasteiger partial charge in [-0.2, -0.15) is 0 Å². The Kier molecular flexibility index (Phi) is 8.45. The van der Waals surface area contributed by atoms with Gasteiger partial charge < -0.3 is 10.1 Å². The predicted octanol–water partition coefficient (Wildman–Crippen LogP) is 5.71. The number of para-hydroxylation sites is 1. The normalized spacial score (nSPS) is 11.7. The van der Waals surface area contributed by atoms with E-state index in [1.165, 1.54) is 11.8 Å². The molecule has 2 aromatic carbocycles. The van der Waals surface area contributed by atoms with Crippen molar-refractivity contribution in [2.45, 2.75) is 29.6 Å². The fourth-order valence-electron chi connectivity index (χ4n) is 2.82. The summed E-state index contributed by atoms with van der Waals surface area (Å²) in [7, 11) is 0. The van der Waals surface area contributed by atoms with Gasteiger partial charge in [0.1, 0.15) is 5.75 Å². The van der Waals surface area contributed by atoms with E-state index >= 15 is 0 Å². The lowest BCUT2D eigenvalue weighted by Crippen LogP contribution is -2.15. The van der Waals surface area contributed by atoms with Crippen molar-refractivity contribution in [3.8, 4) is 5.75 Å². The SMILES string of the molecule is C=CCn1c(SCC(=O)Nc2cccc(SC)c2)nnc1C(C)Oc1ccccc1Cl. The second-order valence-electron chi connectivity index (χ2n) is 6.50. The van der Waals surface area contributed by atoms with Gasteiger partial charge in [-0.15, -0.1) is 28.5 Å². The highest BCUT2D eigenvalue weighted by Gasteiger charge is 2.20. The molecule has 0 saturated carbocycles. The smallest absolute Gasteiger partial charge is 0.234 e. The molecule has 31 heavy (non-hydrogen) atoms. The quantitative estimate of drug-likeness (QED) is 0.300. The molecule has 6 nitrogen and oxygen atoms in total. The van der Waals surface area contributed by atoms with Crippen LogP contribution in [0.5, 0.6) is 5.75 Å². The van der Waals surface area contributed by atoms with Crippen molar-refractivity contribution >= 4 is 46.7 Å². The second-order valence-corrected chi connectivity index (χ2v) is 8.73. The molecule has 1 amide bonds. The summed E-state index contributed by atoms with van der Waals surface area (Å²) in [6.07, 6.45) is 3.37. The molecular formula is C22H23ClN4O2S2. The molecule has 0 aliphatic rings. The molecule has 3 rings (SSSR count). The third-order valence-electron chi connectivity index (χ3n) is 4.25. The van der Waals surface area contributed by atoms with E-state index in [-0.39, 0.29) is 17.8 Å². The molecular weight excluding hydrogens is 452 g/mol. The van der Waals surface area contributed by atoms with Gasteiger partial charge in [-0.05, 0) is 43.5 Å². The van der Waals surface area contributed by atoms with Crippen LogP contribution in [0, 0.1) is 0 Å². The maximum atomic E-state index is 12.4. The average Bonchev–Trinajstić information content (AvgIpc) is 3.17. The number of amides is 1. The molecule has 1 atom stereocenters. The molecule has 0 bridgehead atoms. The molecule has 1 unspecified atom stereocenters. The first-order chi connectivity index (χ1) is 15.0. The number of carbonyl (C=O) groups is 1. The summed E-state index contributed by atoms with van der Waals surface area (Å²) in [5.41, 5.74) is 0.771. The van der Waals surface area contributed by atoms with Crippen molar-refractivity contribution in [2.24, 2.45) is 0 Å². The molecule has 0 fully saturated rings. The van der Waals surface area contributed by atoms with Crippen LogP contribution in [-0.2, 0) is 11.3 Å². The molecule has 1 N–H and O–H groups in total. The molecule has 3 aromatic rings. The van der Waals surface area contributed by atoms with Gasteiger partial charge in [0, 0.05) is 17.1 Å². The molecule has 0 aliphatic carbocycles. The Hall–Kier alpha value is -2.42. The molecule has 0 saturated heterocycles. The standard InChI is InChI=1S/C22H23ClN4O2S2/c1-4-12-27-21(15(2)29-19-11-6-5-10-18(19)23)25-26-22(27)31-14-20(28)24-16-8-7-9-17(13-16)30-3/h4-11,13,15H,1,12,14H2,2-3H3,(H,24,28). The van der Waals surface area contributed by atoms with Gasteiger partial charge in [0.15, 0.2) is 17.1 Å². The highest BCUT2D eigenvalue weighted by Crippen LogP contribution is 2.29. The number of nitrogens with zero attached hydrogens (tertiary/aromatic N) is 3. The molecule has 1 heterocycles. The van der Waals surface area contributed by atoms with Crippen LogP contribution in [0.25, 0.3) is 0 Å². The minimum Gasteiger partial charge on any atom is -0.481 e. The third kappa shape index (κ3) is 6.29. The van der Waals surface area contributed by atoms with Crippen molar-refractivity contribution in [3.05, 3.63) is 72.0 Å². The molecule has 9 heteroatoms. The Bertz CT molecular complexity index is 1060. The predicted molar refractivity (Wildman–Crippen MR) is 128 cm³/mol. The van der Waals surface area contributed by atoms with Crippen molar-refractivity contribution in [3.63, 3.8) is 0 Å². The molecule has 0 spiro atoms. The van der Waals surface area contributed by atoms with Crippen LogP contribution in [0.1, 0.15) is 18.9 Å². The first kappa shape index (κ1) is 23.2. The van der Waals surface area contributed by atoms with Gasteiger partial charge in [-0.1, -0.05) is 47.6 Å². The Morgan fingerprint density at radius 3 is 2.84 bits per heavy atom. The lowest BCUT2D eigenvalue weighted by molar-refractivity contribution is -0.113. The number of anilines is 1. The van der Waals surface area contributed by atoms with E-state index in [9.17, 15) is 4.79 Å². The topological polar surface area (TPSA) is 69.0 Å². The molecule has 162 valence electrons. The zero-order chi connectivity index (χ0) is 22.2. The van der Waals surface area contributed by atoms with Crippen LogP contribution in [0.4, 0.5) is 5.69 Å². The van der Waals surface area contributed by atoms with E-state index in [0.717, 1.165) is 10.6 Å². The number of ether oxygens (including phenoxy) is 1. The minimum absolute atomic E-state index is 0.113. The van der Waals surface area contributed by atoms with Gasteiger partial charge in [0.05, 0.1) is 10.8 Å². The molecule has 0 aliphatic heterocycles. The summed E-state index contributed by atoms with van der Waals surface area (Å²) in [5.74, 6) is 1.30. The summed E-state index contributed by atoms with van der Waals surface area (Å²) < 4.78 is 7.87. The van der Waals surface area contributed by atoms with Gasteiger partial charge in [-0.25, -0.2) is 0 Å². The average molecular weight is 475 g/mol. The highest BCUT2D eigenvalue weighted by atomic mass is 35.5. The number of allylic oxidation sites excluding steroid dienone is 1. The van der Waals surface area contributed by atoms with Crippen LogP contribution in [0.3, 0.4) is 0 Å². The van der Waals surface area contributed by atoms with Crippen molar-refractivity contribution in [1.82, 2.24) is 14.8 Å². The van der Waals surface area contributed by atoms with E-state index < -0.39 is 0 Å². The summed E-state index contributed by atoms with van der Waals surface area (Å²) in [4.78, 5) is 13.5. The Labute approximate surface area is 195 Å². The first-order valence-electron chi connectivity index (χ1n) is 9.53. The summed E-state index contributed by atoms with van der Waals surface area (Å²) in [6.45, 7) is 6.19. The third-order valence-corrected chi connectivity index (χ3v) is 6.25. The number of rotatable bonds is 10. The highest BCUT2D eigenvalue weighted by molar-refractivity contribution is 7.99. The minimum atomic E-state index is -0.384. The maximum absolute atomic E-state index is 12.4. The Balaban J connectivity index is 1.67. The van der Waals surface area contributed by atoms with E-state index in [4.69, 9.17) is 16.3 Å². The number of nitrogens with one attached hydrogen (secondary N) is 1. The van der Waals surface area contributed by atoms with E-state index in [0.29, 0.717) is 28.3 Å². The van der Waals surface area contributed by atoms with Crippen LogP contribution in [0.15, 0.2) is 71.2 Å². The van der Waals surface area contributed by atoms with Crippen LogP contribution in [-0.4, -0.2) is 32.7 Å². The largest absolute Gasteiger partial charge is 0.481 e. The van der Waals surface area contributed by atoms with Crippen molar-refractivity contribution in [1.29, 1.82) is 0 Å². The van der Waals surface area contributed by atoms with Crippen LogP contribution >= 0.6 is 35.1 Å². The lowest BCUT2D eigenvalue weighted by atomic mass is 10.3. The fraction of sp³-hybridized carbons (Fsp3) is 0.227. The summed E-state index contributed by atoms with van der Waals surface area (Å²) in [6, 6.07) is 15.0. The van der Waals surface area contributed by atoms with Gasteiger partial charge in [-0.3, -0.25) is 9.36 Å². The fourth-order valence-corrected chi connectivity index (χ4v) is 4.21. The summed E-state index contributed by atoms with van der Waals surface area (Å²) >= 11 is 9.14. The zero-order valence-corrected chi connectivity index (χ0v) is 19.6. The van der Waals surface area contributed by atoms with E-state index in [1.807, 2.05) is 54.1 Å². The monoisotopic (exact) mass is 474 g/mol. The van der Waals surface area contributed by atoms with Crippen molar-refractivity contribution in [2.75, 3.05) is 17.3 Å². The Morgan fingerprint density at radius 1 is 1.29 bits per heavy atom. The van der Waals surface area contributed by atoms with E-state index in [1.54, 1.807) is 30.0 Å². The number of halogens is 1. The molecule has 0 radical (unpaired) electrons. The second kappa shape index (κ2) is 11.3.